The van der Waals surface area contributed by atoms with Gasteiger partial charge in [0.05, 0.1) is 11.9 Å². The van der Waals surface area contributed by atoms with Crippen LogP contribution in [0.5, 0.6) is 0 Å². The molecule has 1 aliphatic rings. The van der Waals surface area contributed by atoms with E-state index in [2.05, 4.69) is 36.1 Å². The van der Waals surface area contributed by atoms with Gasteiger partial charge < -0.3 is 20.7 Å². The molecule has 0 unspecified atom stereocenters. The summed E-state index contributed by atoms with van der Waals surface area (Å²) in [6.07, 6.45) is 6.24. The van der Waals surface area contributed by atoms with Gasteiger partial charge in [0.15, 0.2) is 17.2 Å². The summed E-state index contributed by atoms with van der Waals surface area (Å²) in [6.45, 7) is 1.36. The number of fused-ring (bicyclic) bond motifs is 1. The number of amides is 1. The van der Waals surface area contributed by atoms with Crippen LogP contribution >= 0.6 is 0 Å². The third kappa shape index (κ3) is 4.60. The van der Waals surface area contributed by atoms with E-state index in [0.717, 1.165) is 18.9 Å². The zero-order valence-corrected chi connectivity index (χ0v) is 17.8. The van der Waals surface area contributed by atoms with Crippen LogP contribution in [0.15, 0.2) is 42.9 Å². The Balaban J connectivity index is 1.50. The highest BCUT2D eigenvalue weighted by atomic mass is 19.1. The zero-order chi connectivity index (χ0) is 22.8. The van der Waals surface area contributed by atoms with E-state index in [9.17, 15) is 9.18 Å². The van der Waals surface area contributed by atoms with Gasteiger partial charge in [-0.25, -0.2) is 14.5 Å². The van der Waals surface area contributed by atoms with Crippen LogP contribution in [0.4, 0.5) is 27.4 Å². The van der Waals surface area contributed by atoms with Crippen molar-refractivity contribution in [1.29, 1.82) is 0 Å². The minimum absolute atomic E-state index is 0.196. The molecule has 0 aromatic carbocycles. The average Bonchev–Trinajstić information content (AvgIpc) is 3.40. The summed E-state index contributed by atoms with van der Waals surface area (Å²) in [6, 6.07) is 6.51. The molecular weight excluding hydrogens is 429 g/mol. The molecule has 0 atom stereocenters. The minimum Gasteiger partial charge on any atom is -0.381 e. The fourth-order valence-corrected chi connectivity index (χ4v) is 3.63. The second-order valence-corrected chi connectivity index (χ2v) is 7.67. The highest BCUT2D eigenvalue weighted by molar-refractivity contribution is 6.03. The SMILES string of the molecule is Cn1ccc(Nc2cc(NC3CCOCC3)nn3c(C(=O)Nc4ccnc(F)c4)cnc23)n1. The van der Waals surface area contributed by atoms with E-state index in [-0.39, 0.29) is 17.4 Å². The lowest BCUT2D eigenvalue weighted by molar-refractivity contribution is 0.0903. The van der Waals surface area contributed by atoms with Gasteiger partial charge in [-0.2, -0.15) is 9.49 Å². The molecule has 5 rings (SSSR count). The van der Waals surface area contributed by atoms with Crippen LogP contribution in [0.1, 0.15) is 23.3 Å². The van der Waals surface area contributed by atoms with Crippen molar-refractivity contribution >= 4 is 34.6 Å². The van der Waals surface area contributed by atoms with Crippen molar-refractivity contribution in [3.63, 3.8) is 0 Å². The number of hydrogen-bond acceptors (Lipinski definition) is 8. The van der Waals surface area contributed by atoms with Gasteiger partial charge in [-0.15, -0.1) is 5.10 Å². The summed E-state index contributed by atoms with van der Waals surface area (Å²) < 4.78 is 22.0. The van der Waals surface area contributed by atoms with E-state index in [1.807, 2.05) is 25.4 Å². The topological polar surface area (TPSA) is 123 Å². The lowest BCUT2D eigenvalue weighted by Gasteiger charge is -2.24. The van der Waals surface area contributed by atoms with Gasteiger partial charge in [-0.3, -0.25) is 9.48 Å². The number of rotatable bonds is 6. The van der Waals surface area contributed by atoms with Crippen molar-refractivity contribution in [3.05, 3.63) is 54.5 Å². The van der Waals surface area contributed by atoms with Gasteiger partial charge in [0.1, 0.15) is 5.82 Å². The number of aromatic nitrogens is 6. The predicted molar refractivity (Wildman–Crippen MR) is 119 cm³/mol. The number of hydrogen-bond donors (Lipinski definition) is 3. The van der Waals surface area contributed by atoms with Crippen LogP contribution in [0.3, 0.4) is 0 Å². The molecular formula is C21H22FN9O2. The van der Waals surface area contributed by atoms with E-state index < -0.39 is 11.9 Å². The van der Waals surface area contributed by atoms with Gasteiger partial charge in [-0.1, -0.05) is 0 Å². The molecule has 1 aliphatic heterocycles. The maximum absolute atomic E-state index is 13.4. The van der Waals surface area contributed by atoms with Crippen molar-refractivity contribution in [2.75, 3.05) is 29.2 Å². The van der Waals surface area contributed by atoms with Crippen LogP contribution in [-0.2, 0) is 11.8 Å². The lowest BCUT2D eigenvalue weighted by atomic mass is 10.1. The molecule has 0 aliphatic carbocycles. The van der Waals surface area contributed by atoms with Gasteiger partial charge in [0, 0.05) is 62.6 Å². The number of nitrogens with one attached hydrogen (secondary N) is 3. The number of carbonyl (C=O) groups is 1. The number of anilines is 4. The molecule has 0 spiro atoms. The summed E-state index contributed by atoms with van der Waals surface area (Å²) in [5.41, 5.74) is 1.56. The van der Waals surface area contributed by atoms with E-state index in [0.29, 0.717) is 36.2 Å². The third-order valence-electron chi connectivity index (χ3n) is 5.23. The molecule has 1 fully saturated rings. The number of imidazole rings is 1. The summed E-state index contributed by atoms with van der Waals surface area (Å²) in [4.78, 5) is 20.8. The molecule has 1 amide bonds. The van der Waals surface area contributed by atoms with Crippen molar-refractivity contribution in [2.45, 2.75) is 18.9 Å². The molecule has 0 bridgehead atoms. The number of aryl methyl sites for hydroxylation is 1. The van der Waals surface area contributed by atoms with Crippen LogP contribution in [0.25, 0.3) is 5.65 Å². The number of pyridine rings is 1. The second-order valence-electron chi connectivity index (χ2n) is 7.67. The molecule has 0 saturated carbocycles. The molecule has 11 nitrogen and oxygen atoms in total. The number of carbonyl (C=O) groups excluding carboxylic acids is 1. The van der Waals surface area contributed by atoms with Gasteiger partial charge >= 0.3 is 0 Å². The molecule has 170 valence electrons. The molecule has 1 saturated heterocycles. The van der Waals surface area contributed by atoms with E-state index in [1.54, 1.807) is 4.68 Å². The molecule has 3 N–H and O–H groups in total. The van der Waals surface area contributed by atoms with Crippen LogP contribution in [-0.4, -0.2) is 54.5 Å². The van der Waals surface area contributed by atoms with Crippen molar-refractivity contribution < 1.29 is 13.9 Å². The van der Waals surface area contributed by atoms with Crippen molar-refractivity contribution in [3.8, 4) is 0 Å². The smallest absolute Gasteiger partial charge is 0.276 e. The quantitative estimate of drug-likeness (QED) is 0.382. The summed E-state index contributed by atoms with van der Waals surface area (Å²) in [7, 11) is 1.82. The maximum atomic E-state index is 13.4. The van der Waals surface area contributed by atoms with Crippen LogP contribution < -0.4 is 16.0 Å². The van der Waals surface area contributed by atoms with E-state index in [4.69, 9.17) is 4.74 Å². The minimum atomic E-state index is -0.686. The Labute approximate surface area is 188 Å². The Morgan fingerprint density at radius 2 is 2.00 bits per heavy atom. The Hall–Kier alpha value is -4.06. The molecule has 0 radical (unpaired) electrons. The third-order valence-corrected chi connectivity index (χ3v) is 5.23. The zero-order valence-electron chi connectivity index (χ0n) is 17.8. The summed E-state index contributed by atoms with van der Waals surface area (Å²) in [5, 5.41) is 18.3. The fraction of sp³-hybridized carbons (Fsp3) is 0.286. The van der Waals surface area contributed by atoms with Crippen LogP contribution in [0, 0.1) is 5.95 Å². The van der Waals surface area contributed by atoms with Gasteiger partial charge in [-0.05, 0) is 18.9 Å². The normalized spacial score (nSPS) is 14.4. The monoisotopic (exact) mass is 451 g/mol. The second kappa shape index (κ2) is 8.82. The fourth-order valence-electron chi connectivity index (χ4n) is 3.63. The standard InChI is InChI=1S/C21H22FN9O2/c1-30-7-3-18(28-30)27-15-11-19(25-13-4-8-33-9-5-13)29-31-16(12-24-20(15)31)21(32)26-14-2-6-23-17(22)10-14/h2-3,6-7,10-13H,4-5,8-9H2,1H3,(H,25,29)(H,27,28)(H,23,26,32). The van der Waals surface area contributed by atoms with Crippen LogP contribution in [0.2, 0.25) is 0 Å². The first-order valence-corrected chi connectivity index (χ1v) is 10.5. The Morgan fingerprint density at radius 3 is 2.76 bits per heavy atom. The summed E-state index contributed by atoms with van der Waals surface area (Å²) >= 11 is 0. The first-order chi connectivity index (χ1) is 16.0. The Morgan fingerprint density at radius 1 is 1.15 bits per heavy atom. The maximum Gasteiger partial charge on any atom is 0.276 e. The molecule has 4 aromatic heterocycles. The number of halogens is 1. The largest absolute Gasteiger partial charge is 0.381 e. The van der Waals surface area contributed by atoms with Crippen molar-refractivity contribution in [2.24, 2.45) is 7.05 Å². The highest BCUT2D eigenvalue weighted by Crippen LogP contribution is 2.25. The average molecular weight is 451 g/mol. The lowest BCUT2D eigenvalue weighted by Crippen LogP contribution is -2.28. The van der Waals surface area contributed by atoms with E-state index >= 15 is 0 Å². The summed E-state index contributed by atoms with van der Waals surface area (Å²) in [5.74, 6) is 0.0418. The van der Waals surface area contributed by atoms with Gasteiger partial charge in [0.2, 0.25) is 5.95 Å². The molecule has 4 aromatic rings. The molecule has 5 heterocycles. The Kier molecular flexibility index (Phi) is 5.57. The van der Waals surface area contributed by atoms with E-state index in [1.165, 1.54) is 23.0 Å². The predicted octanol–water partition coefficient (Wildman–Crippen LogP) is 2.58. The first-order valence-electron chi connectivity index (χ1n) is 10.5. The molecule has 33 heavy (non-hydrogen) atoms. The molecule has 12 heteroatoms. The van der Waals surface area contributed by atoms with Gasteiger partial charge in [0.25, 0.3) is 5.91 Å². The Bertz CT molecular complexity index is 1300. The number of ether oxygens (including phenoxy) is 1. The van der Waals surface area contributed by atoms with Crippen molar-refractivity contribution in [1.82, 2.24) is 29.4 Å². The first kappa shape index (κ1) is 20.8. The highest BCUT2D eigenvalue weighted by Gasteiger charge is 2.20. The number of nitrogens with zero attached hydrogens (tertiary/aromatic N) is 6.